The Morgan fingerprint density at radius 3 is 2.89 bits per heavy atom. The van der Waals surface area contributed by atoms with E-state index in [1.807, 2.05) is 36.5 Å². The number of fused-ring (bicyclic) bond motifs is 1. The predicted molar refractivity (Wildman–Crippen MR) is 74.9 cm³/mol. The Hall–Kier alpha value is -1.55. The molecule has 0 atom stereocenters. The van der Waals surface area contributed by atoms with E-state index in [2.05, 4.69) is 31.9 Å². The average molecular weight is 305 g/mol. The summed E-state index contributed by atoms with van der Waals surface area (Å²) in [7, 11) is 0. The highest BCUT2D eigenvalue weighted by atomic mass is 79.9. The van der Waals surface area contributed by atoms with Crippen molar-refractivity contribution < 1.29 is 4.74 Å². The van der Waals surface area contributed by atoms with Crippen LogP contribution in [-0.2, 0) is 6.54 Å². The van der Waals surface area contributed by atoms with Crippen LogP contribution in [0, 0.1) is 0 Å². The van der Waals surface area contributed by atoms with Crippen molar-refractivity contribution >= 4 is 21.7 Å². The molecule has 0 radical (unpaired) electrons. The first-order valence-corrected chi connectivity index (χ1v) is 6.69. The van der Waals surface area contributed by atoms with Crippen molar-refractivity contribution in [3.05, 3.63) is 52.6 Å². The first-order valence-electron chi connectivity index (χ1n) is 5.90. The minimum absolute atomic E-state index is 0.689. The number of pyridine rings is 1. The number of hydrogen-bond donors (Lipinski definition) is 0. The zero-order valence-electron chi connectivity index (χ0n) is 9.84. The van der Waals surface area contributed by atoms with Gasteiger partial charge in [0, 0.05) is 22.8 Å². The van der Waals surface area contributed by atoms with Gasteiger partial charge in [-0.05, 0) is 34.1 Å². The molecule has 1 aliphatic heterocycles. The molecular formula is C14H13BrN2O. The molecule has 0 saturated heterocycles. The summed E-state index contributed by atoms with van der Waals surface area (Å²) in [6, 6.07) is 12.2. The number of rotatable bonds is 1. The Kier molecular flexibility index (Phi) is 3.19. The van der Waals surface area contributed by atoms with E-state index in [9.17, 15) is 0 Å². The predicted octanol–water partition coefficient (Wildman–Crippen LogP) is 3.24. The third-order valence-corrected chi connectivity index (χ3v) is 3.46. The average Bonchev–Trinajstić information content (AvgIpc) is 2.61. The first-order chi connectivity index (χ1) is 8.83. The van der Waals surface area contributed by atoms with E-state index in [-0.39, 0.29) is 0 Å². The van der Waals surface area contributed by atoms with E-state index in [1.54, 1.807) is 0 Å². The van der Waals surface area contributed by atoms with Crippen LogP contribution in [-0.4, -0.2) is 18.1 Å². The smallest absolute Gasteiger partial charge is 0.128 e. The van der Waals surface area contributed by atoms with Crippen molar-refractivity contribution in [2.45, 2.75) is 6.54 Å². The maximum atomic E-state index is 5.75. The van der Waals surface area contributed by atoms with Crippen LogP contribution in [0.1, 0.15) is 5.56 Å². The summed E-state index contributed by atoms with van der Waals surface area (Å²) in [6.07, 6.45) is 1.83. The summed E-state index contributed by atoms with van der Waals surface area (Å²) in [5, 5.41) is 0. The molecule has 0 saturated carbocycles. The Morgan fingerprint density at radius 1 is 1.17 bits per heavy atom. The molecule has 92 valence electrons. The summed E-state index contributed by atoms with van der Waals surface area (Å²) in [5.41, 5.74) is 1.21. The molecule has 3 nitrogen and oxygen atoms in total. The Labute approximate surface area is 115 Å². The molecule has 3 rings (SSSR count). The van der Waals surface area contributed by atoms with Gasteiger partial charge in [0.15, 0.2) is 0 Å². The fraction of sp³-hybridized carbons (Fsp3) is 0.214. The van der Waals surface area contributed by atoms with Crippen LogP contribution in [0.2, 0.25) is 0 Å². The van der Waals surface area contributed by atoms with Gasteiger partial charge in [0.1, 0.15) is 18.2 Å². The topological polar surface area (TPSA) is 25.4 Å². The third kappa shape index (κ3) is 2.34. The molecule has 0 N–H and O–H groups in total. The van der Waals surface area contributed by atoms with Crippen molar-refractivity contribution in [1.82, 2.24) is 4.98 Å². The minimum Gasteiger partial charge on any atom is -0.491 e. The van der Waals surface area contributed by atoms with Crippen molar-refractivity contribution in [3.63, 3.8) is 0 Å². The van der Waals surface area contributed by atoms with Gasteiger partial charge in [0.25, 0.3) is 0 Å². The van der Waals surface area contributed by atoms with Gasteiger partial charge in [-0.25, -0.2) is 4.98 Å². The lowest BCUT2D eigenvalue weighted by Crippen LogP contribution is -2.25. The number of anilines is 1. The number of benzene rings is 1. The normalized spacial score (nSPS) is 14.6. The van der Waals surface area contributed by atoms with Crippen molar-refractivity contribution in [3.8, 4) is 5.75 Å². The first kappa shape index (κ1) is 11.5. The molecule has 0 bridgehead atoms. The van der Waals surface area contributed by atoms with Crippen LogP contribution < -0.4 is 9.64 Å². The van der Waals surface area contributed by atoms with Crippen LogP contribution in [0.4, 0.5) is 5.82 Å². The molecule has 0 unspecified atom stereocenters. The van der Waals surface area contributed by atoms with Gasteiger partial charge >= 0.3 is 0 Å². The van der Waals surface area contributed by atoms with Crippen LogP contribution in [0.15, 0.2) is 47.1 Å². The van der Waals surface area contributed by atoms with Crippen molar-refractivity contribution in [2.75, 3.05) is 18.1 Å². The molecule has 2 heterocycles. The van der Waals surface area contributed by atoms with E-state index < -0.39 is 0 Å². The molecule has 18 heavy (non-hydrogen) atoms. The standard InChI is InChI=1S/C14H13BrN2O/c15-12-5-6-14(16-9-12)17-7-8-18-13-4-2-1-3-11(13)10-17/h1-6,9H,7-8,10H2. The van der Waals surface area contributed by atoms with Crippen molar-refractivity contribution in [1.29, 1.82) is 0 Å². The second-order valence-electron chi connectivity index (χ2n) is 4.21. The maximum absolute atomic E-state index is 5.75. The van der Waals surface area contributed by atoms with Gasteiger partial charge in [0.05, 0.1) is 6.54 Å². The highest BCUT2D eigenvalue weighted by Crippen LogP contribution is 2.25. The van der Waals surface area contributed by atoms with E-state index in [0.29, 0.717) is 6.61 Å². The SMILES string of the molecule is Brc1ccc(N2CCOc3ccccc3C2)nc1. The third-order valence-electron chi connectivity index (χ3n) is 2.99. The monoisotopic (exact) mass is 304 g/mol. The number of ether oxygens (including phenoxy) is 1. The molecule has 1 aliphatic rings. The minimum atomic E-state index is 0.689. The summed E-state index contributed by atoms with van der Waals surface area (Å²) in [5.74, 6) is 1.97. The van der Waals surface area contributed by atoms with Crippen LogP contribution >= 0.6 is 15.9 Å². The lowest BCUT2D eigenvalue weighted by atomic mass is 10.2. The molecule has 0 amide bonds. The second-order valence-corrected chi connectivity index (χ2v) is 5.13. The van der Waals surface area contributed by atoms with E-state index in [1.165, 1.54) is 5.56 Å². The highest BCUT2D eigenvalue weighted by molar-refractivity contribution is 9.10. The molecule has 1 aromatic carbocycles. The van der Waals surface area contributed by atoms with Gasteiger partial charge in [-0.2, -0.15) is 0 Å². The van der Waals surface area contributed by atoms with Crippen LogP contribution in [0.5, 0.6) is 5.75 Å². The number of nitrogens with zero attached hydrogens (tertiary/aromatic N) is 2. The Morgan fingerprint density at radius 2 is 2.06 bits per heavy atom. The zero-order chi connectivity index (χ0) is 12.4. The lowest BCUT2D eigenvalue weighted by Gasteiger charge is -2.20. The van der Waals surface area contributed by atoms with Crippen molar-refractivity contribution in [2.24, 2.45) is 0 Å². The maximum Gasteiger partial charge on any atom is 0.128 e. The summed E-state index contributed by atoms with van der Waals surface area (Å²) < 4.78 is 6.74. The fourth-order valence-corrected chi connectivity index (χ4v) is 2.31. The highest BCUT2D eigenvalue weighted by Gasteiger charge is 2.15. The largest absolute Gasteiger partial charge is 0.491 e. The number of aromatic nitrogens is 1. The van der Waals surface area contributed by atoms with Crippen LogP contribution in [0.3, 0.4) is 0 Å². The molecule has 1 aromatic heterocycles. The number of hydrogen-bond acceptors (Lipinski definition) is 3. The summed E-state index contributed by atoms with van der Waals surface area (Å²) >= 11 is 3.40. The molecule has 0 aliphatic carbocycles. The van der Waals surface area contributed by atoms with Gasteiger partial charge < -0.3 is 9.64 Å². The quantitative estimate of drug-likeness (QED) is 0.809. The summed E-state index contributed by atoms with van der Waals surface area (Å²) in [6.45, 7) is 2.38. The molecule has 2 aromatic rings. The van der Waals surface area contributed by atoms with Crippen LogP contribution in [0.25, 0.3) is 0 Å². The molecule has 0 fully saturated rings. The van der Waals surface area contributed by atoms with Gasteiger partial charge in [-0.1, -0.05) is 18.2 Å². The van der Waals surface area contributed by atoms with Gasteiger partial charge in [0.2, 0.25) is 0 Å². The van der Waals surface area contributed by atoms with Gasteiger partial charge in [-0.3, -0.25) is 0 Å². The number of halogens is 1. The fourth-order valence-electron chi connectivity index (χ4n) is 2.08. The Bertz CT molecular complexity index is 542. The lowest BCUT2D eigenvalue weighted by molar-refractivity contribution is 0.331. The van der Waals surface area contributed by atoms with Gasteiger partial charge in [-0.15, -0.1) is 0 Å². The molecular weight excluding hydrogens is 292 g/mol. The zero-order valence-corrected chi connectivity index (χ0v) is 11.4. The molecule has 4 heteroatoms. The number of para-hydroxylation sites is 1. The molecule has 0 spiro atoms. The second kappa shape index (κ2) is 4.98. The van der Waals surface area contributed by atoms with E-state index in [0.717, 1.165) is 29.1 Å². The summed E-state index contributed by atoms with van der Waals surface area (Å²) in [4.78, 5) is 6.67. The van der Waals surface area contributed by atoms with E-state index in [4.69, 9.17) is 4.74 Å². The Balaban J connectivity index is 1.89. The van der Waals surface area contributed by atoms with E-state index >= 15 is 0 Å².